The molecule has 2 amide bonds. The van der Waals surface area contributed by atoms with Gasteiger partial charge in [0.25, 0.3) is 5.91 Å². The maximum absolute atomic E-state index is 12.6. The normalized spacial score (nSPS) is 17.7. The topological polar surface area (TPSA) is 67.9 Å². The Labute approximate surface area is 130 Å². The van der Waals surface area contributed by atoms with Crippen molar-refractivity contribution in [2.45, 2.75) is 25.8 Å². The van der Waals surface area contributed by atoms with Crippen LogP contribution in [0.3, 0.4) is 0 Å². The van der Waals surface area contributed by atoms with Gasteiger partial charge in [-0.2, -0.15) is 0 Å². The van der Waals surface area contributed by atoms with Crippen LogP contribution in [0.4, 0.5) is 4.79 Å². The molecule has 1 aromatic rings. The van der Waals surface area contributed by atoms with Crippen LogP contribution in [0.2, 0.25) is 0 Å². The van der Waals surface area contributed by atoms with E-state index in [0.29, 0.717) is 31.0 Å². The third-order valence-corrected chi connectivity index (χ3v) is 3.62. The SMILES string of the molecule is CCOC(=O)N[C@@H]1CCCN(C(=O)c2cccc(OC)c2)C1. The first-order valence-electron chi connectivity index (χ1n) is 7.50. The van der Waals surface area contributed by atoms with Crippen LogP contribution in [0, 0.1) is 0 Å². The van der Waals surface area contributed by atoms with E-state index in [-0.39, 0.29) is 11.9 Å². The molecule has 1 heterocycles. The Morgan fingerprint density at radius 3 is 2.95 bits per heavy atom. The fourth-order valence-electron chi connectivity index (χ4n) is 2.56. The number of methoxy groups -OCH3 is 1. The number of benzene rings is 1. The zero-order valence-corrected chi connectivity index (χ0v) is 13.0. The molecule has 0 aliphatic carbocycles. The molecule has 1 N–H and O–H groups in total. The number of nitrogens with one attached hydrogen (secondary N) is 1. The van der Waals surface area contributed by atoms with Crippen LogP contribution in [0.15, 0.2) is 24.3 Å². The average molecular weight is 306 g/mol. The minimum Gasteiger partial charge on any atom is -0.497 e. The van der Waals surface area contributed by atoms with E-state index < -0.39 is 6.09 Å². The van der Waals surface area contributed by atoms with Crippen molar-refractivity contribution in [1.29, 1.82) is 0 Å². The molecular weight excluding hydrogens is 284 g/mol. The van der Waals surface area contributed by atoms with Crippen molar-refractivity contribution in [2.75, 3.05) is 26.8 Å². The molecular formula is C16H22N2O4. The highest BCUT2D eigenvalue weighted by molar-refractivity contribution is 5.94. The number of carbonyl (C=O) groups excluding carboxylic acids is 2. The highest BCUT2D eigenvalue weighted by Crippen LogP contribution is 2.17. The van der Waals surface area contributed by atoms with E-state index in [1.54, 1.807) is 43.2 Å². The molecule has 120 valence electrons. The third kappa shape index (κ3) is 4.13. The fraction of sp³-hybridized carbons (Fsp3) is 0.500. The van der Waals surface area contributed by atoms with E-state index in [9.17, 15) is 9.59 Å². The molecule has 0 bridgehead atoms. The first-order chi connectivity index (χ1) is 10.6. The molecule has 1 saturated heterocycles. The molecule has 6 nitrogen and oxygen atoms in total. The average Bonchev–Trinajstić information content (AvgIpc) is 2.54. The van der Waals surface area contributed by atoms with Crippen molar-refractivity contribution in [3.63, 3.8) is 0 Å². The van der Waals surface area contributed by atoms with E-state index in [2.05, 4.69) is 5.32 Å². The van der Waals surface area contributed by atoms with Gasteiger partial charge in [0.15, 0.2) is 0 Å². The van der Waals surface area contributed by atoms with Gasteiger partial charge < -0.3 is 19.7 Å². The molecule has 0 radical (unpaired) electrons. The Balaban J connectivity index is 1.99. The molecule has 6 heteroatoms. The minimum absolute atomic E-state index is 0.0470. The molecule has 22 heavy (non-hydrogen) atoms. The molecule has 1 fully saturated rings. The van der Waals surface area contributed by atoms with Gasteiger partial charge >= 0.3 is 6.09 Å². The quantitative estimate of drug-likeness (QED) is 0.924. The lowest BCUT2D eigenvalue weighted by molar-refractivity contribution is 0.0686. The summed E-state index contributed by atoms with van der Waals surface area (Å²) in [6, 6.07) is 7.03. The lowest BCUT2D eigenvalue weighted by atomic mass is 10.0. The third-order valence-electron chi connectivity index (χ3n) is 3.62. The van der Waals surface area contributed by atoms with Crippen LogP contribution in [0.5, 0.6) is 5.75 Å². The van der Waals surface area contributed by atoms with Crippen molar-refractivity contribution in [2.24, 2.45) is 0 Å². The van der Waals surface area contributed by atoms with Crippen LogP contribution in [0.25, 0.3) is 0 Å². The Bertz CT molecular complexity index is 533. The molecule has 0 unspecified atom stereocenters. The van der Waals surface area contributed by atoms with E-state index in [4.69, 9.17) is 9.47 Å². The van der Waals surface area contributed by atoms with E-state index >= 15 is 0 Å². The molecule has 1 aliphatic heterocycles. The second-order valence-corrected chi connectivity index (χ2v) is 5.19. The minimum atomic E-state index is -0.428. The number of piperidine rings is 1. The summed E-state index contributed by atoms with van der Waals surface area (Å²) in [6.07, 6.45) is 1.27. The maximum Gasteiger partial charge on any atom is 0.407 e. The molecule has 0 saturated carbocycles. The highest BCUT2D eigenvalue weighted by atomic mass is 16.5. The van der Waals surface area contributed by atoms with Gasteiger partial charge in [-0.15, -0.1) is 0 Å². The monoisotopic (exact) mass is 306 g/mol. The molecule has 0 spiro atoms. The zero-order valence-electron chi connectivity index (χ0n) is 13.0. The summed E-state index contributed by atoms with van der Waals surface area (Å²) in [5, 5.41) is 2.80. The summed E-state index contributed by atoms with van der Waals surface area (Å²) in [4.78, 5) is 25.8. The van der Waals surface area contributed by atoms with E-state index in [1.165, 1.54) is 0 Å². The summed E-state index contributed by atoms with van der Waals surface area (Å²) in [7, 11) is 1.57. The number of amides is 2. The first-order valence-corrected chi connectivity index (χ1v) is 7.50. The number of alkyl carbamates (subject to hydrolysis) is 1. The van der Waals surface area contributed by atoms with Gasteiger partial charge in [0.2, 0.25) is 0 Å². The molecule has 1 aliphatic rings. The summed E-state index contributed by atoms with van der Waals surface area (Å²) < 4.78 is 10.0. The van der Waals surface area contributed by atoms with Crippen LogP contribution in [-0.4, -0.2) is 49.7 Å². The lowest BCUT2D eigenvalue weighted by Crippen LogP contribution is -2.49. The van der Waals surface area contributed by atoms with Crippen LogP contribution >= 0.6 is 0 Å². The van der Waals surface area contributed by atoms with Crippen molar-refractivity contribution in [3.8, 4) is 5.75 Å². The Morgan fingerprint density at radius 2 is 2.23 bits per heavy atom. The number of nitrogens with zero attached hydrogens (tertiary/aromatic N) is 1. The van der Waals surface area contributed by atoms with Crippen molar-refractivity contribution in [1.82, 2.24) is 10.2 Å². The van der Waals surface area contributed by atoms with Crippen molar-refractivity contribution < 1.29 is 19.1 Å². The van der Waals surface area contributed by atoms with Gasteiger partial charge in [0.1, 0.15) is 5.75 Å². The number of carbonyl (C=O) groups is 2. The highest BCUT2D eigenvalue weighted by Gasteiger charge is 2.25. The van der Waals surface area contributed by atoms with Gasteiger partial charge in [-0.05, 0) is 38.0 Å². The maximum atomic E-state index is 12.6. The van der Waals surface area contributed by atoms with E-state index in [0.717, 1.165) is 12.8 Å². The predicted molar refractivity (Wildman–Crippen MR) is 82.1 cm³/mol. The van der Waals surface area contributed by atoms with Gasteiger partial charge in [-0.1, -0.05) is 6.07 Å². The lowest BCUT2D eigenvalue weighted by Gasteiger charge is -2.33. The van der Waals surface area contributed by atoms with Gasteiger partial charge in [-0.3, -0.25) is 4.79 Å². The largest absolute Gasteiger partial charge is 0.497 e. The summed E-state index contributed by atoms with van der Waals surface area (Å²) in [6.45, 7) is 3.29. The van der Waals surface area contributed by atoms with Gasteiger partial charge in [-0.25, -0.2) is 4.79 Å². The standard InChI is InChI=1S/C16H22N2O4/c1-3-22-16(20)17-13-7-5-9-18(11-13)15(19)12-6-4-8-14(10-12)21-2/h4,6,8,10,13H,3,5,7,9,11H2,1-2H3,(H,17,20)/t13-/m1/s1. The number of rotatable bonds is 4. The Morgan fingerprint density at radius 1 is 1.41 bits per heavy atom. The second-order valence-electron chi connectivity index (χ2n) is 5.19. The predicted octanol–water partition coefficient (Wildman–Crippen LogP) is 2.05. The molecule has 2 rings (SSSR count). The van der Waals surface area contributed by atoms with Crippen molar-refractivity contribution >= 4 is 12.0 Å². The Kier molecular flexibility index (Phi) is 5.63. The van der Waals surface area contributed by atoms with E-state index in [1.807, 2.05) is 0 Å². The second kappa shape index (κ2) is 7.68. The zero-order chi connectivity index (χ0) is 15.9. The Hall–Kier alpha value is -2.24. The van der Waals surface area contributed by atoms with Gasteiger partial charge in [0.05, 0.1) is 13.7 Å². The summed E-state index contributed by atoms with van der Waals surface area (Å²) in [5.74, 6) is 0.610. The molecule has 1 aromatic carbocycles. The number of hydrogen-bond donors (Lipinski definition) is 1. The van der Waals surface area contributed by atoms with Crippen LogP contribution in [0.1, 0.15) is 30.1 Å². The molecule has 0 aromatic heterocycles. The summed E-state index contributed by atoms with van der Waals surface area (Å²) in [5.41, 5.74) is 0.594. The smallest absolute Gasteiger partial charge is 0.407 e. The number of hydrogen-bond acceptors (Lipinski definition) is 4. The summed E-state index contributed by atoms with van der Waals surface area (Å²) >= 11 is 0. The van der Waals surface area contributed by atoms with Crippen LogP contribution in [-0.2, 0) is 4.74 Å². The number of likely N-dealkylation sites (tertiary alicyclic amines) is 1. The first kappa shape index (κ1) is 16.1. The number of ether oxygens (including phenoxy) is 2. The van der Waals surface area contributed by atoms with Crippen molar-refractivity contribution in [3.05, 3.63) is 29.8 Å². The van der Waals surface area contributed by atoms with Gasteiger partial charge in [0, 0.05) is 24.7 Å². The van der Waals surface area contributed by atoms with Crippen LogP contribution < -0.4 is 10.1 Å². The molecule has 1 atom stereocenters. The fourth-order valence-corrected chi connectivity index (χ4v) is 2.56.